The summed E-state index contributed by atoms with van der Waals surface area (Å²) >= 11 is 0. The van der Waals surface area contributed by atoms with Crippen LogP contribution in [-0.4, -0.2) is 9.91 Å². The molecule has 0 aliphatic carbocycles. The average Bonchev–Trinajstić information content (AvgIpc) is 2.83. The van der Waals surface area contributed by atoms with Crippen LogP contribution in [0, 0.1) is 10.1 Å². The maximum absolute atomic E-state index is 11.6. The highest BCUT2D eigenvalue weighted by Crippen LogP contribution is 2.40. The molecule has 0 aliphatic rings. The Hall–Kier alpha value is -2.10. The largest absolute Gasteiger partial charge is 0.355 e. The first kappa shape index (κ1) is 15.3. The monoisotopic (exact) mass is 286 g/mol. The zero-order chi connectivity index (χ0) is 15.8. The highest BCUT2D eigenvalue weighted by Gasteiger charge is 2.31. The molecule has 0 aliphatic heterocycles. The zero-order valence-corrected chi connectivity index (χ0v) is 13.2. The number of rotatable bonds is 3. The quantitative estimate of drug-likeness (QED) is 0.636. The lowest BCUT2D eigenvalue weighted by Crippen LogP contribution is -2.12. The molecule has 4 nitrogen and oxygen atoms in total. The summed E-state index contributed by atoms with van der Waals surface area (Å²) in [7, 11) is 0. The summed E-state index contributed by atoms with van der Waals surface area (Å²) in [4.78, 5) is 14.4. The van der Waals surface area contributed by atoms with E-state index in [1.165, 1.54) is 0 Å². The average molecular weight is 286 g/mol. The van der Waals surface area contributed by atoms with Gasteiger partial charge in [0, 0.05) is 11.8 Å². The molecule has 2 rings (SSSR count). The summed E-state index contributed by atoms with van der Waals surface area (Å²) < 4.78 is 0. The zero-order valence-electron chi connectivity index (χ0n) is 13.2. The first-order chi connectivity index (χ1) is 9.73. The molecule has 1 aromatic carbocycles. The Kier molecular flexibility index (Phi) is 3.90. The molecule has 2 aromatic rings. The van der Waals surface area contributed by atoms with Gasteiger partial charge in [-0.05, 0) is 16.9 Å². The number of hydrogen-bond donors (Lipinski definition) is 1. The van der Waals surface area contributed by atoms with Crippen molar-refractivity contribution in [3.8, 4) is 11.3 Å². The van der Waals surface area contributed by atoms with Gasteiger partial charge in [0.25, 0.3) is 5.69 Å². The molecule has 0 bridgehead atoms. The van der Waals surface area contributed by atoms with E-state index in [0.717, 1.165) is 16.7 Å². The molecule has 0 atom stereocenters. The predicted octanol–water partition coefficient (Wildman–Crippen LogP) is 5.01. The highest BCUT2D eigenvalue weighted by atomic mass is 16.6. The van der Waals surface area contributed by atoms with Gasteiger partial charge in [0.05, 0.1) is 10.5 Å². The van der Waals surface area contributed by atoms with Crippen LogP contribution < -0.4 is 0 Å². The Labute approximate surface area is 125 Å². The fourth-order valence-corrected chi connectivity index (χ4v) is 2.61. The Morgan fingerprint density at radius 1 is 1.19 bits per heavy atom. The summed E-state index contributed by atoms with van der Waals surface area (Å²) in [6.45, 7) is 10.2. The van der Waals surface area contributed by atoms with Crippen LogP contribution in [0.15, 0.2) is 30.5 Å². The van der Waals surface area contributed by atoms with Crippen LogP contribution in [0.25, 0.3) is 11.3 Å². The number of nitro groups is 1. The van der Waals surface area contributed by atoms with Gasteiger partial charge in [-0.15, -0.1) is 0 Å². The second-order valence-corrected chi connectivity index (χ2v) is 6.68. The summed E-state index contributed by atoms with van der Waals surface area (Å²) in [5, 5.41) is 11.6. The van der Waals surface area contributed by atoms with Gasteiger partial charge < -0.3 is 4.98 Å². The van der Waals surface area contributed by atoms with Crippen molar-refractivity contribution < 1.29 is 4.92 Å². The van der Waals surface area contributed by atoms with Crippen molar-refractivity contribution in [1.29, 1.82) is 0 Å². The van der Waals surface area contributed by atoms with Gasteiger partial charge in [-0.1, -0.05) is 58.9 Å². The molecule has 1 heterocycles. The second-order valence-electron chi connectivity index (χ2n) is 6.68. The molecule has 21 heavy (non-hydrogen) atoms. The third kappa shape index (κ3) is 2.84. The highest BCUT2D eigenvalue weighted by molar-refractivity contribution is 5.76. The van der Waals surface area contributed by atoms with Gasteiger partial charge >= 0.3 is 0 Å². The smallest absolute Gasteiger partial charge is 0.298 e. The molecule has 4 heteroatoms. The molecular weight excluding hydrogens is 264 g/mol. The van der Waals surface area contributed by atoms with Crippen LogP contribution in [-0.2, 0) is 5.41 Å². The fraction of sp³-hybridized carbons (Fsp3) is 0.412. The maximum atomic E-state index is 11.6. The van der Waals surface area contributed by atoms with Crippen molar-refractivity contribution in [3.63, 3.8) is 0 Å². The van der Waals surface area contributed by atoms with Crippen molar-refractivity contribution in [1.82, 2.24) is 4.98 Å². The van der Waals surface area contributed by atoms with Crippen molar-refractivity contribution in [2.75, 3.05) is 0 Å². The van der Waals surface area contributed by atoms with E-state index in [9.17, 15) is 10.1 Å². The van der Waals surface area contributed by atoms with Gasteiger partial charge in [0.1, 0.15) is 5.69 Å². The lowest BCUT2D eigenvalue weighted by Gasteiger charge is -2.16. The van der Waals surface area contributed by atoms with Gasteiger partial charge in [0.15, 0.2) is 0 Å². The third-order valence-corrected chi connectivity index (χ3v) is 3.70. The number of benzene rings is 1. The van der Waals surface area contributed by atoms with Crippen LogP contribution in [0.4, 0.5) is 5.69 Å². The molecule has 1 aromatic heterocycles. The van der Waals surface area contributed by atoms with Crippen LogP contribution in [0.2, 0.25) is 0 Å². The van der Waals surface area contributed by atoms with E-state index in [4.69, 9.17) is 0 Å². The van der Waals surface area contributed by atoms with E-state index in [1.54, 1.807) is 6.20 Å². The molecule has 112 valence electrons. The Morgan fingerprint density at radius 3 is 2.33 bits per heavy atom. The Balaban J connectivity index is 2.72. The topological polar surface area (TPSA) is 58.9 Å². The van der Waals surface area contributed by atoms with Gasteiger partial charge in [0.2, 0.25) is 0 Å². The minimum absolute atomic E-state index is 0.190. The molecule has 1 N–H and O–H groups in total. The summed E-state index contributed by atoms with van der Waals surface area (Å²) in [6, 6.07) is 7.86. The van der Waals surface area contributed by atoms with Gasteiger partial charge in [-0.2, -0.15) is 0 Å². The molecule has 0 saturated carbocycles. The number of aromatic amines is 1. The second kappa shape index (κ2) is 5.35. The lowest BCUT2D eigenvalue weighted by atomic mass is 9.86. The van der Waals surface area contributed by atoms with Gasteiger partial charge in [-0.3, -0.25) is 10.1 Å². The van der Waals surface area contributed by atoms with Crippen LogP contribution in [0.3, 0.4) is 0 Å². The molecule has 0 amide bonds. The number of hydrogen-bond acceptors (Lipinski definition) is 2. The van der Waals surface area contributed by atoms with Crippen LogP contribution >= 0.6 is 0 Å². The lowest BCUT2D eigenvalue weighted by molar-refractivity contribution is -0.385. The predicted molar refractivity (Wildman–Crippen MR) is 85.7 cm³/mol. The number of nitrogens with one attached hydrogen (secondary N) is 1. The molecule has 0 radical (unpaired) electrons. The minimum atomic E-state index is -0.274. The first-order valence-corrected chi connectivity index (χ1v) is 7.19. The normalized spacial score (nSPS) is 11.9. The SMILES string of the molecule is CC(C)c1ccccc1-c1[nH]cc(C(C)(C)C)c1[N+](=O)[O-]. The number of nitrogens with zero attached hydrogens (tertiary/aromatic N) is 1. The molecule has 0 saturated heterocycles. The van der Waals surface area contributed by atoms with Crippen LogP contribution in [0.1, 0.15) is 51.7 Å². The summed E-state index contributed by atoms with van der Waals surface area (Å²) in [5.41, 5.74) is 3.28. The molecule has 0 spiro atoms. The third-order valence-electron chi connectivity index (χ3n) is 3.70. The van der Waals surface area contributed by atoms with E-state index < -0.39 is 0 Å². The Morgan fingerprint density at radius 2 is 1.81 bits per heavy atom. The standard InChI is InChI=1S/C17H22N2O2/c1-11(2)12-8-6-7-9-13(12)15-16(19(20)21)14(10-18-15)17(3,4)5/h6-11,18H,1-5H3. The van der Waals surface area contributed by atoms with E-state index in [2.05, 4.69) is 18.8 Å². The molecule has 0 unspecified atom stereocenters. The van der Waals surface area contributed by atoms with Crippen molar-refractivity contribution >= 4 is 5.69 Å². The first-order valence-electron chi connectivity index (χ1n) is 7.19. The number of aromatic nitrogens is 1. The van der Waals surface area contributed by atoms with Crippen molar-refractivity contribution in [3.05, 3.63) is 51.7 Å². The van der Waals surface area contributed by atoms with Gasteiger partial charge in [-0.25, -0.2) is 0 Å². The van der Waals surface area contributed by atoms with Crippen molar-refractivity contribution in [2.24, 2.45) is 0 Å². The fourth-order valence-electron chi connectivity index (χ4n) is 2.61. The summed E-state index contributed by atoms with van der Waals surface area (Å²) in [6.07, 6.45) is 1.77. The maximum Gasteiger partial charge on any atom is 0.298 e. The van der Waals surface area contributed by atoms with E-state index >= 15 is 0 Å². The van der Waals surface area contributed by atoms with Crippen LogP contribution in [0.5, 0.6) is 0 Å². The van der Waals surface area contributed by atoms with E-state index in [-0.39, 0.29) is 16.0 Å². The molecule has 0 fully saturated rings. The summed E-state index contributed by atoms with van der Waals surface area (Å²) in [5.74, 6) is 0.308. The number of H-pyrrole nitrogens is 1. The Bertz CT molecular complexity index is 664. The van der Waals surface area contributed by atoms with E-state index in [0.29, 0.717) is 11.6 Å². The van der Waals surface area contributed by atoms with E-state index in [1.807, 2.05) is 45.0 Å². The minimum Gasteiger partial charge on any atom is -0.355 e. The molecular formula is C17H22N2O2. The van der Waals surface area contributed by atoms with Crippen molar-refractivity contribution in [2.45, 2.75) is 46.0 Å².